The first-order chi connectivity index (χ1) is 22.0. The zero-order chi connectivity index (χ0) is 32.6. The van der Waals surface area contributed by atoms with Crippen molar-refractivity contribution >= 4 is 52.5 Å². The number of carbonyl (C=O) groups is 3. The second-order valence-electron chi connectivity index (χ2n) is 12.8. The van der Waals surface area contributed by atoms with Gasteiger partial charge in [-0.3, -0.25) is 19.3 Å². The van der Waals surface area contributed by atoms with Crippen LogP contribution in [0.4, 0.5) is 18.9 Å². The number of likely N-dealkylation sites (tertiary alicyclic amines) is 2. The lowest BCUT2D eigenvalue weighted by Gasteiger charge is -2.30. The quantitative estimate of drug-likeness (QED) is 0.325. The third-order valence-corrected chi connectivity index (χ3v) is 11.1. The summed E-state index contributed by atoms with van der Waals surface area (Å²) in [5.74, 6) is -5.44. The van der Waals surface area contributed by atoms with E-state index < -0.39 is 29.7 Å². The zero-order valence-corrected chi connectivity index (χ0v) is 26.9. The monoisotopic (exact) mass is 679 g/mol. The van der Waals surface area contributed by atoms with E-state index in [1.165, 1.54) is 17.4 Å². The Bertz CT molecular complexity index is 1530. The molecule has 0 unspecified atom stereocenters. The summed E-state index contributed by atoms with van der Waals surface area (Å²) in [6.07, 6.45) is 7.71. The summed E-state index contributed by atoms with van der Waals surface area (Å²) < 4.78 is 49.6. The van der Waals surface area contributed by atoms with E-state index in [9.17, 15) is 28.3 Å². The predicted octanol–water partition coefficient (Wildman–Crippen LogP) is 6.27. The van der Waals surface area contributed by atoms with Crippen LogP contribution in [0.2, 0.25) is 5.02 Å². The van der Waals surface area contributed by atoms with Gasteiger partial charge in [-0.25, -0.2) is 13.2 Å². The summed E-state index contributed by atoms with van der Waals surface area (Å²) in [6.45, 7) is 0.269. The molecule has 0 bridgehead atoms. The number of halogens is 4. The first kappa shape index (κ1) is 33.0. The minimum Gasteiger partial charge on any atom is -0.481 e. The number of thiophene rings is 1. The molecule has 248 valence electrons. The van der Waals surface area contributed by atoms with Gasteiger partial charge in [0.25, 0.3) is 11.8 Å². The number of benzene rings is 1. The Labute approximate surface area is 274 Å². The molecule has 0 spiro atoms. The topological polar surface area (TPSA) is 99.2 Å². The molecule has 2 atom stereocenters. The van der Waals surface area contributed by atoms with Crippen molar-refractivity contribution in [3.05, 3.63) is 56.0 Å². The molecule has 2 saturated heterocycles. The van der Waals surface area contributed by atoms with Crippen LogP contribution >= 0.6 is 22.9 Å². The summed E-state index contributed by atoms with van der Waals surface area (Å²) in [6, 6.07) is 1.78. The van der Waals surface area contributed by atoms with E-state index >= 15 is 4.39 Å². The molecule has 6 rings (SSSR count). The van der Waals surface area contributed by atoms with Gasteiger partial charge >= 0.3 is 5.97 Å². The van der Waals surface area contributed by atoms with E-state index in [4.69, 9.17) is 16.3 Å². The Morgan fingerprint density at radius 1 is 1.17 bits per heavy atom. The van der Waals surface area contributed by atoms with Crippen LogP contribution in [0.1, 0.15) is 71.3 Å². The van der Waals surface area contributed by atoms with Gasteiger partial charge in [0, 0.05) is 41.4 Å². The molecular formula is C33H37ClF3N3O5S. The van der Waals surface area contributed by atoms with Gasteiger partial charge in [-0.15, -0.1) is 11.3 Å². The number of nitrogens with zero attached hydrogens (tertiary/aromatic N) is 2. The average Bonchev–Trinajstić information content (AvgIpc) is 3.75. The van der Waals surface area contributed by atoms with E-state index in [1.807, 2.05) is 12.2 Å². The smallest absolute Gasteiger partial charge is 0.306 e. The molecule has 0 radical (unpaired) electrons. The second-order valence-corrected chi connectivity index (χ2v) is 14.2. The molecule has 1 aromatic heterocycles. The molecule has 46 heavy (non-hydrogen) atoms. The molecule has 8 nitrogen and oxygen atoms in total. The average molecular weight is 680 g/mol. The molecule has 2 amide bonds. The number of aliphatic carboxylic acids is 1. The van der Waals surface area contributed by atoms with Crippen molar-refractivity contribution in [1.29, 1.82) is 0 Å². The highest BCUT2D eigenvalue weighted by Gasteiger charge is 2.45. The number of hydrogen-bond acceptors (Lipinski definition) is 6. The van der Waals surface area contributed by atoms with Crippen molar-refractivity contribution in [3.63, 3.8) is 0 Å². The maximum Gasteiger partial charge on any atom is 0.306 e. The molecule has 13 heteroatoms. The van der Waals surface area contributed by atoms with Crippen molar-refractivity contribution in [3.8, 4) is 0 Å². The molecule has 3 heterocycles. The zero-order valence-electron chi connectivity index (χ0n) is 25.3. The number of nitrogens with one attached hydrogen (secondary N) is 1. The van der Waals surface area contributed by atoms with E-state index in [1.54, 1.807) is 15.2 Å². The fraction of sp³-hybridized carbons (Fsp3) is 0.545. The van der Waals surface area contributed by atoms with Crippen LogP contribution in [0.25, 0.3) is 6.08 Å². The van der Waals surface area contributed by atoms with Crippen molar-refractivity contribution in [1.82, 2.24) is 9.80 Å². The molecule has 1 aromatic carbocycles. The molecule has 2 aliphatic carbocycles. The van der Waals surface area contributed by atoms with Gasteiger partial charge in [-0.2, -0.15) is 0 Å². The lowest BCUT2D eigenvalue weighted by molar-refractivity contribution is -0.144. The number of hydrogen-bond donors (Lipinski definition) is 2. The van der Waals surface area contributed by atoms with Crippen LogP contribution < -0.4 is 5.32 Å². The number of aryl methyl sites for hydroxylation is 1. The van der Waals surface area contributed by atoms with Crippen molar-refractivity contribution in [2.45, 2.75) is 81.9 Å². The maximum absolute atomic E-state index is 15.4. The number of allylic oxidation sites excluding steroid dienone is 1. The van der Waals surface area contributed by atoms with Crippen LogP contribution in [0.5, 0.6) is 0 Å². The standard InChI is InChI=1S/C33H37ClF3N3O5S/c34-26-11-20(27(35)14-28(26)38-31(42)25-17-46-29-4-2-1-3-24(25)29)12-30(41)40-15-21(39-10-9-33(36,37)18-39)13-22(40)16-45-23-7-5-19(6-8-23)32(43)44/h1,3,11,14,17,19,21-23H,2,4-10,12-13,15-16,18H2,(H,38,42)(H,43,44)/t19-,21-,22-,23-/m0/s1. The number of carboxylic acids is 1. The molecule has 3 fully saturated rings. The van der Waals surface area contributed by atoms with Crippen molar-refractivity contribution in [2.24, 2.45) is 5.92 Å². The Hall–Kier alpha value is -2.93. The van der Waals surface area contributed by atoms with Gasteiger partial charge in [0.05, 0.1) is 53.9 Å². The second kappa shape index (κ2) is 13.7. The molecule has 4 aliphatic rings. The van der Waals surface area contributed by atoms with Crippen LogP contribution in [0, 0.1) is 11.7 Å². The number of ether oxygens (including phenoxy) is 1. The number of alkyl halides is 2. The lowest BCUT2D eigenvalue weighted by atomic mass is 9.87. The van der Waals surface area contributed by atoms with Gasteiger partial charge in [0.1, 0.15) is 5.82 Å². The summed E-state index contributed by atoms with van der Waals surface area (Å²) >= 11 is 7.98. The van der Waals surface area contributed by atoms with Gasteiger partial charge in [0.15, 0.2) is 0 Å². The number of rotatable bonds is 9. The predicted molar refractivity (Wildman–Crippen MR) is 169 cm³/mol. The summed E-state index contributed by atoms with van der Waals surface area (Å²) in [4.78, 5) is 42.4. The first-order valence-corrected chi connectivity index (χ1v) is 17.0. The van der Waals surface area contributed by atoms with E-state index in [0.717, 1.165) is 29.3 Å². The van der Waals surface area contributed by atoms with E-state index in [2.05, 4.69) is 5.32 Å². The lowest BCUT2D eigenvalue weighted by Crippen LogP contribution is -2.41. The van der Waals surface area contributed by atoms with Gasteiger partial charge < -0.3 is 20.1 Å². The third kappa shape index (κ3) is 7.30. The minimum absolute atomic E-state index is 0.0617. The fourth-order valence-electron chi connectivity index (χ4n) is 7.07. The number of amides is 2. The fourth-order valence-corrected chi connectivity index (χ4v) is 8.33. The molecule has 1 saturated carbocycles. The minimum atomic E-state index is -2.78. The van der Waals surface area contributed by atoms with E-state index in [-0.39, 0.29) is 79.3 Å². The van der Waals surface area contributed by atoms with Gasteiger partial charge in [-0.05, 0) is 62.6 Å². The van der Waals surface area contributed by atoms with E-state index in [0.29, 0.717) is 37.7 Å². The SMILES string of the molecule is O=C(Nc1cc(F)c(CC(=O)N2C[C@@H](N3CCC(F)(F)C3)C[C@H]2CO[C@H]2CC[C@H](C(=O)O)CC2)cc1Cl)c1csc2c1C=CCC2. The molecule has 2 N–H and O–H groups in total. The van der Waals surface area contributed by atoms with Crippen LogP contribution in [0.15, 0.2) is 23.6 Å². The first-order valence-electron chi connectivity index (χ1n) is 15.8. The highest BCUT2D eigenvalue weighted by atomic mass is 35.5. The molecule has 2 aromatic rings. The summed E-state index contributed by atoms with van der Waals surface area (Å²) in [5, 5.41) is 13.8. The Balaban J connectivity index is 1.12. The van der Waals surface area contributed by atoms with Crippen LogP contribution in [0.3, 0.4) is 0 Å². The van der Waals surface area contributed by atoms with Crippen molar-refractivity contribution in [2.75, 3.05) is 31.6 Å². The number of carbonyl (C=O) groups excluding carboxylic acids is 2. The third-order valence-electron chi connectivity index (χ3n) is 9.68. The Kier molecular flexibility index (Phi) is 9.80. The molecular weight excluding hydrogens is 643 g/mol. The Morgan fingerprint density at radius 3 is 2.67 bits per heavy atom. The maximum atomic E-state index is 15.4. The summed E-state index contributed by atoms with van der Waals surface area (Å²) in [7, 11) is 0. The van der Waals surface area contributed by atoms with Crippen molar-refractivity contribution < 1.29 is 37.4 Å². The molecule has 2 aliphatic heterocycles. The normalized spacial score (nSPS) is 25.9. The highest BCUT2D eigenvalue weighted by Crippen LogP contribution is 2.35. The Morgan fingerprint density at radius 2 is 1.96 bits per heavy atom. The highest BCUT2D eigenvalue weighted by molar-refractivity contribution is 7.10. The summed E-state index contributed by atoms with van der Waals surface area (Å²) in [5.41, 5.74) is 1.52. The van der Waals surface area contributed by atoms with Crippen LogP contribution in [-0.2, 0) is 27.2 Å². The number of anilines is 1. The number of fused-ring (bicyclic) bond motifs is 1. The van der Waals surface area contributed by atoms with Gasteiger partial charge in [-0.1, -0.05) is 23.8 Å². The van der Waals surface area contributed by atoms with Gasteiger partial charge in [0.2, 0.25) is 5.91 Å². The van der Waals surface area contributed by atoms with Crippen LogP contribution in [-0.4, -0.2) is 83.0 Å². The largest absolute Gasteiger partial charge is 0.481 e. The number of carboxylic acid groups (broad SMARTS) is 1.